The van der Waals surface area contributed by atoms with Crippen LogP contribution in [0.3, 0.4) is 0 Å². The maximum absolute atomic E-state index is 5.76. The van der Waals surface area contributed by atoms with Crippen molar-refractivity contribution in [3.63, 3.8) is 0 Å². The van der Waals surface area contributed by atoms with Crippen LogP contribution in [0.4, 0.5) is 5.13 Å². The summed E-state index contributed by atoms with van der Waals surface area (Å²) in [5.74, 6) is 0.723. The number of hydrazone groups is 1. The van der Waals surface area contributed by atoms with Crippen molar-refractivity contribution >= 4 is 34.7 Å². The first kappa shape index (κ1) is 12.6. The molecule has 3 rings (SSSR count). The zero-order valence-electron chi connectivity index (χ0n) is 9.85. The minimum absolute atomic E-state index is 0. The van der Waals surface area contributed by atoms with E-state index in [4.69, 9.17) is 10.7 Å². The molecule has 4 nitrogen and oxygen atoms in total. The minimum Gasteiger partial charge on any atom is -0.386 e. The van der Waals surface area contributed by atoms with Gasteiger partial charge in [-0.1, -0.05) is 11.3 Å². The molecule has 2 N–H and O–H groups in total. The molecule has 0 saturated heterocycles. The Labute approximate surface area is 111 Å². The van der Waals surface area contributed by atoms with Gasteiger partial charge in [0.1, 0.15) is 5.84 Å². The maximum atomic E-state index is 5.76. The van der Waals surface area contributed by atoms with Crippen molar-refractivity contribution in [1.29, 1.82) is 0 Å². The topological polar surface area (TPSA) is 54.5 Å². The molecule has 1 aromatic rings. The standard InChI is InChI=1S/C11H16N4S.ClH/c1-7-6-10(12)14-15(7)11-13-8-4-2-3-5-9(8)16-11;/h7H,2-6H2,1H3,(H2,12,14);1H. The summed E-state index contributed by atoms with van der Waals surface area (Å²) in [5, 5.41) is 7.37. The number of anilines is 1. The van der Waals surface area contributed by atoms with Crippen molar-refractivity contribution in [3.8, 4) is 0 Å². The highest BCUT2D eigenvalue weighted by molar-refractivity contribution is 7.15. The number of aryl methyl sites for hydroxylation is 2. The average molecular weight is 273 g/mol. The Morgan fingerprint density at radius 2 is 2.12 bits per heavy atom. The van der Waals surface area contributed by atoms with Crippen LogP contribution in [0.5, 0.6) is 0 Å². The minimum atomic E-state index is 0. The number of nitrogens with two attached hydrogens (primary N) is 1. The summed E-state index contributed by atoms with van der Waals surface area (Å²) in [6, 6.07) is 0.354. The number of nitrogens with zero attached hydrogens (tertiary/aromatic N) is 3. The molecule has 2 aliphatic rings. The highest BCUT2D eigenvalue weighted by Crippen LogP contribution is 2.34. The van der Waals surface area contributed by atoms with E-state index in [0.29, 0.717) is 6.04 Å². The molecule has 0 saturated carbocycles. The van der Waals surface area contributed by atoms with E-state index in [-0.39, 0.29) is 12.4 Å². The van der Waals surface area contributed by atoms with E-state index in [1.54, 1.807) is 11.3 Å². The largest absolute Gasteiger partial charge is 0.386 e. The van der Waals surface area contributed by atoms with Gasteiger partial charge in [0, 0.05) is 11.3 Å². The number of hydrogen-bond acceptors (Lipinski definition) is 5. The van der Waals surface area contributed by atoms with E-state index in [1.165, 1.54) is 29.8 Å². The van der Waals surface area contributed by atoms with Gasteiger partial charge in [0.25, 0.3) is 0 Å². The Bertz CT molecular complexity index is 419. The molecule has 17 heavy (non-hydrogen) atoms. The highest BCUT2D eigenvalue weighted by Gasteiger charge is 2.26. The van der Waals surface area contributed by atoms with Crippen LogP contribution >= 0.6 is 23.7 Å². The van der Waals surface area contributed by atoms with Crippen LogP contribution in [-0.2, 0) is 12.8 Å². The Morgan fingerprint density at radius 1 is 1.35 bits per heavy atom. The first-order valence-corrected chi connectivity index (χ1v) is 6.66. The lowest BCUT2D eigenvalue weighted by atomic mass is 10.0. The molecular weight excluding hydrogens is 256 g/mol. The third-order valence-electron chi connectivity index (χ3n) is 3.19. The summed E-state index contributed by atoms with van der Waals surface area (Å²) in [4.78, 5) is 6.15. The fourth-order valence-corrected chi connectivity index (χ4v) is 3.54. The fourth-order valence-electron chi connectivity index (χ4n) is 2.33. The van der Waals surface area contributed by atoms with E-state index in [2.05, 4.69) is 12.0 Å². The molecule has 1 atom stereocenters. The zero-order valence-corrected chi connectivity index (χ0v) is 11.5. The maximum Gasteiger partial charge on any atom is 0.206 e. The normalized spacial score (nSPS) is 23.0. The molecule has 0 bridgehead atoms. The van der Waals surface area contributed by atoms with E-state index in [1.807, 2.05) is 5.01 Å². The third kappa shape index (κ3) is 2.26. The summed E-state index contributed by atoms with van der Waals surface area (Å²) in [5.41, 5.74) is 7.05. The number of amidine groups is 1. The lowest BCUT2D eigenvalue weighted by Crippen LogP contribution is -2.22. The molecular formula is C11H17ClN4S. The van der Waals surface area contributed by atoms with Gasteiger partial charge in [0.2, 0.25) is 5.13 Å². The molecule has 1 aliphatic heterocycles. The monoisotopic (exact) mass is 272 g/mol. The van der Waals surface area contributed by atoms with Gasteiger partial charge in [-0.15, -0.1) is 12.4 Å². The first-order chi connectivity index (χ1) is 7.74. The van der Waals surface area contributed by atoms with Gasteiger partial charge < -0.3 is 5.73 Å². The summed E-state index contributed by atoms with van der Waals surface area (Å²) in [6.45, 7) is 2.14. The van der Waals surface area contributed by atoms with Crippen molar-refractivity contribution in [1.82, 2.24) is 4.98 Å². The predicted molar refractivity (Wildman–Crippen MR) is 74.2 cm³/mol. The quantitative estimate of drug-likeness (QED) is 0.854. The van der Waals surface area contributed by atoms with Crippen molar-refractivity contribution < 1.29 is 0 Å². The molecule has 1 unspecified atom stereocenters. The second-order valence-electron chi connectivity index (χ2n) is 4.56. The van der Waals surface area contributed by atoms with Crippen LogP contribution in [0.2, 0.25) is 0 Å². The molecule has 94 valence electrons. The predicted octanol–water partition coefficient (Wildman–Crippen LogP) is 2.31. The van der Waals surface area contributed by atoms with Crippen LogP contribution < -0.4 is 10.7 Å². The number of hydrogen-bond donors (Lipinski definition) is 1. The fraction of sp³-hybridized carbons (Fsp3) is 0.636. The number of aromatic nitrogens is 1. The lowest BCUT2D eigenvalue weighted by molar-refractivity contribution is 0.677. The second kappa shape index (κ2) is 4.82. The molecule has 0 amide bonds. The van der Waals surface area contributed by atoms with Gasteiger partial charge in [-0.05, 0) is 32.6 Å². The van der Waals surface area contributed by atoms with Gasteiger partial charge in [0.05, 0.1) is 11.7 Å². The summed E-state index contributed by atoms with van der Waals surface area (Å²) in [7, 11) is 0. The second-order valence-corrected chi connectivity index (χ2v) is 5.62. The Hall–Kier alpha value is -0.810. The molecule has 1 aliphatic carbocycles. The summed E-state index contributed by atoms with van der Waals surface area (Å²) < 4.78 is 0. The number of fused-ring (bicyclic) bond motifs is 1. The first-order valence-electron chi connectivity index (χ1n) is 5.85. The zero-order chi connectivity index (χ0) is 11.1. The third-order valence-corrected chi connectivity index (χ3v) is 4.34. The number of halogens is 1. The lowest BCUT2D eigenvalue weighted by Gasteiger charge is -2.15. The van der Waals surface area contributed by atoms with Crippen LogP contribution in [-0.4, -0.2) is 16.9 Å². The van der Waals surface area contributed by atoms with Gasteiger partial charge in [-0.2, -0.15) is 5.10 Å². The van der Waals surface area contributed by atoms with Crippen molar-refractivity contribution in [3.05, 3.63) is 10.6 Å². The van der Waals surface area contributed by atoms with E-state index in [0.717, 1.165) is 23.8 Å². The van der Waals surface area contributed by atoms with E-state index >= 15 is 0 Å². The SMILES string of the molecule is CC1CC(N)=NN1c1nc2c(s1)CCCC2.Cl. The van der Waals surface area contributed by atoms with Crippen LogP contribution in [0, 0.1) is 0 Å². The van der Waals surface area contributed by atoms with E-state index < -0.39 is 0 Å². The van der Waals surface area contributed by atoms with Gasteiger partial charge in [-0.25, -0.2) is 9.99 Å². The molecule has 0 spiro atoms. The Balaban J connectivity index is 0.00000108. The molecule has 0 fully saturated rings. The van der Waals surface area contributed by atoms with Gasteiger partial charge in [0.15, 0.2) is 0 Å². The number of thiazole rings is 1. The van der Waals surface area contributed by atoms with Gasteiger partial charge in [-0.3, -0.25) is 0 Å². The van der Waals surface area contributed by atoms with Crippen molar-refractivity contribution in [2.45, 2.75) is 45.1 Å². The van der Waals surface area contributed by atoms with Crippen molar-refractivity contribution in [2.75, 3.05) is 5.01 Å². The van der Waals surface area contributed by atoms with Crippen molar-refractivity contribution in [2.24, 2.45) is 10.8 Å². The smallest absolute Gasteiger partial charge is 0.206 e. The van der Waals surface area contributed by atoms with Gasteiger partial charge >= 0.3 is 0 Å². The van der Waals surface area contributed by atoms with E-state index in [9.17, 15) is 0 Å². The molecule has 0 aromatic carbocycles. The average Bonchev–Trinajstić information content (AvgIpc) is 2.81. The molecule has 6 heteroatoms. The number of rotatable bonds is 1. The van der Waals surface area contributed by atoms with Crippen LogP contribution in [0.25, 0.3) is 0 Å². The summed E-state index contributed by atoms with van der Waals surface area (Å²) in [6.07, 6.45) is 5.75. The molecule has 2 heterocycles. The molecule has 1 aromatic heterocycles. The summed E-state index contributed by atoms with van der Waals surface area (Å²) >= 11 is 1.79. The Kier molecular flexibility index (Phi) is 3.58. The highest BCUT2D eigenvalue weighted by atomic mass is 35.5. The molecule has 0 radical (unpaired) electrons. The van der Waals surface area contributed by atoms with Crippen LogP contribution in [0.1, 0.15) is 36.8 Å². The van der Waals surface area contributed by atoms with Crippen LogP contribution in [0.15, 0.2) is 5.10 Å². The Morgan fingerprint density at radius 3 is 2.76 bits per heavy atom.